The van der Waals surface area contributed by atoms with Crippen LogP contribution in [0.25, 0.3) is 0 Å². The standard InChI is InChI=1S/C10H17N3O2/c1-7-10(8(2)13(3)12-7)11-6-4-5-9(14)15/h11H,4-6H2,1-3H3,(H,14,15). The second-order valence-corrected chi connectivity index (χ2v) is 3.59. The lowest BCUT2D eigenvalue weighted by Crippen LogP contribution is -2.06. The molecule has 0 saturated heterocycles. The summed E-state index contributed by atoms with van der Waals surface area (Å²) in [6.45, 7) is 4.59. The number of anilines is 1. The van der Waals surface area contributed by atoms with Gasteiger partial charge in [-0.15, -0.1) is 0 Å². The Morgan fingerprint density at radius 1 is 1.53 bits per heavy atom. The number of nitrogens with zero attached hydrogens (tertiary/aromatic N) is 2. The first-order valence-corrected chi connectivity index (χ1v) is 4.98. The van der Waals surface area contributed by atoms with E-state index in [9.17, 15) is 4.79 Å². The highest BCUT2D eigenvalue weighted by Gasteiger charge is 2.08. The van der Waals surface area contributed by atoms with Gasteiger partial charge in [0.25, 0.3) is 0 Å². The molecule has 1 aromatic heterocycles. The Hall–Kier alpha value is -1.52. The van der Waals surface area contributed by atoms with E-state index in [-0.39, 0.29) is 6.42 Å². The summed E-state index contributed by atoms with van der Waals surface area (Å²) >= 11 is 0. The van der Waals surface area contributed by atoms with Crippen molar-refractivity contribution in [3.63, 3.8) is 0 Å². The van der Waals surface area contributed by atoms with Crippen LogP contribution in [0.3, 0.4) is 0 Å². The molecule has 0 amide bonds. The zero-order valence-electron chi connectivity index (χ0n) is 9.37. The van der Waals surface area contributed by atoms with Crippen molar-refractivity contribution < 1.29 is 9.90 Å². The predicted octanol–water partition coefficient (Wildman–Crippen LogP) is 1.31. The molecule has 0 saturated carbocycles. The van der Waals surface area contributed by atoms with E-state index < -0.39 is 5.97 Å². The first kappa shape index (κ1) is 11.6. The maximum Gasteiger partial charge on any atom is 0.303 e. The molecule has 0 atom stereocenters. The highest BCUT2D eigenvalue weighted by Crippen LogP contribution is 2.17. The summed E-state index contributed by atoms with van der Waals surface area (Å²) in [4.78, 5) is 10.3. The first-order chi connectivity index (χ1) is 7.02. The maximum absolute atomic E-state index is 10.3. The van der Waals surface area contributed by atoms with Gasteiger partial charge in [0, 0.05) is 20.0 Å². The van der Waals surface area contributed by atoms with Crippen molar-refractivity contribution in [1.29, 1.82) is 0 Å². The van der Waals surface area contributed by atoms with E-state index in [4.69, 9.17) is 5.11 Å². The third-order valence-corrected chi connectivity index (χ3v) is 2.38. The van der Waals surface area contributed by atoms with Crippen LogP contribution in [0, 0.1) is 13.8 Å². The minimum absolute atomic E-state index is 0.200. The summed E-state index contributed by atoms with van der Waals surface area (Å²) in [5.41, 5.74) is 3.04. The molecule has 0 radical (unpaired) electrons. The van der Waals surface area contributed by atoms with E-state index >= 15 is 0 Å². The van der Waals surface area contributed by atoms with Gasteiger partial charge in [-0.05, 0) is 20.3 Å². The number of carbonyl (C=O) groups is 1. The fraction of sp³-hybridized carbons (Fsp3) is 0.600. The van der Waals surface area contributed by atoms with Crippen molar-refractivity contribution in [3.8, 4) is 0 Å². The average molecular weight is 211 g/mol. The Morgan fingerprint density at radius 2 is 2.20 bits per heavy atom. The molecule has 0 aliphatic carbocycles. The van der Waals surface area contributed by atoms with E-state index in [0.29, 0.717) is 13.0 Å². The van der Waals surface area contributed by atoms with Crippen LogP contribution < -0.4 is 5.32 Å². The van der Waals surface area contributed by atoms with Crippen LogP contribution in [0.1, 0.15) is 24.2 Å². The van der Waals surface area contributed by atoms with Crippen LogP contribution in [-0.2, 0) is 11.8 Å². The lowest BCUT2D eigenvalue weighted by molar-refractivity contribution is -0.137. The number of hydrogen-bond acceptors (Lipinski definition) is 3. The molecule has 0 aliphatic heterocycles. The molecule has 2 N–H and O–H groups in total. The van der Waals surface area contributed by atoms with Crippen LogP contribution in [0.15, 0.2) is 0 Å². The second-order valence-electron chi connectivity index (χ2n) is 3.59. The number of aliphatic carboxylic acids is 1. The second kappa shape index (κ2) is 4.82. The molecule has 1 rings (SSSR count). The van der Waals surface area contributed by atoms with E-state index in [1.165, 1.54) is 0 Å². The molecule has 0 spiro atoms. The van der Waals surface area contributed by atoms with Gasteiger partial charge < -0.3 is 10.4 Å². The number of hydrogen-bond donors (Lipinski definition) is 2. The Morgan fingerprint density at radius 3 is 2.67 bits per heavy atom. The Bertz CT molecular complexity index is 358. The Kier molecular flexibility index (Phi) is 3.71. The molecular formula is C10H17N3O2. The molecule has 0 fully saturated rings. The third kappa shape index (κ3) is 2.97. The highest BCUT2D eigenvalue weighted by molar-refractivity contribution is 5.66. The van der Waals surface area contributed by atoms with Crippen LogP contribution in [0.4, 0.5) is 5.69 Å². The monoisotopic (exact) mass is 211 g/mol. The van der Waals surface area contributed by atoms with Crippen LogP contribution in [-0.4, -0.2) is 27.4 Å². The molecule has 0 unspecified atom stereocenters. The Labute approximate surface area is 89.1 Å². The highest BCUT2D eigenvalue weighted by atomic mass is 16.4. The maximum atomic E-state index is 10.3. The van der Waals surface area contributed by atoms with Gasteiger partial charge in [-0.25, -0.2) is 0 Å². The van der Waals surface area contributed by atoms with E-state index in [0.717, 1.165) is 17.1 Å². The summed E-state index contributed by atoms with van der Waals surface area (Å²) in [6.07, 6.45) is 0.828. The minimum atomic E-state index is -0.753. The fourth-order valence-electron chi connectivity index (χ4n) is 1.48. The lowest BCUT2D eigenvalue weighted by atomic mass is 10.2. The molecular weight excluding hydrogens is 194 g/mol. The minimum Gasteiger partial charge on any atom is -0.481 e. The molecule has 5 heteroatoms. The normalized spacial score (nSPS) is 10.3. The van der Waals surface area contributed by atoms with Crippen molar-refractivity contribution >= 4 is 11.7 Å². The van der Waals surface area contributed by atoms with E-state index in [1.807, 2.05) is 25.6 Å². The van der Waals surface area contributed by atoms with E-state index in [2.05, 4.69) is 10.4 Å². The number of carboxylic acids is 1. The smallest absolute Gasteiger partial charge is 0.303 e. The molecule has 0 aliphatic rings. The number of aryl methyl sites for hydroxylation is 2. The topological polar surface area (TPSA) is 67.2 Å². The number of carboxylic acid groups (broad SMARTS) is 1. The number of nitrogens with one attached hydrogen (secondary N) is 1. The van der Waals surface area contributed by atoms with Gasteiger partial charge in [-0.3, -0.25) is 9.48 Å². The summed E-state index contributed by atoms with van der Waals surface area (Å²) in [5.74, 6) is -0.753. The average Bonchev–Trinajstić information content (AvgIpc) is 2.37. The molecule has 5 nitrogen and oxygen atoms in total. The number of rotatable bonds is 5. The summed E-state index contributed by atoms with van der Waals surface area (Å²) in [7, 11) is 1.89. The number of aromatic nitrogens is 2. The van der Waals surface area contributed by atoms with Crippen molar-refractivity contribution in [2.45, 2.75) is 26.7 Å². The zero-order chi connectivity index (χ0) is 11.4. The third-order valence-electron chi connectivity index (χ3n) is 2.38. The largest absolute Gasteiger partial charge is 0.481 e. The van der Waals surface area contributed by atoms with Gasteiger partial charge in [0.2, 0.25) is 0 Å². The molecule has 0 aromatic carbocycles. The summed E-state index contributed by atoms with van der Waals surface area (Å²) in [5, 5.41) is 16.0. The molecule has 15 heavy (non-hydrogen) atoms. The van der Waals surface area contributed by atoms with E-state index in [1.54, 1.807) is 0 Å². The molecule has 1 heterocycles. The fourth-order valence-corrected chi connectivity index (χ4v) is 1.48. The van der Waals surface area contributed by atoms with Gasteiger partial charge in [-0.1, -0.05) is 0 Å². The van der Waals surface area contributed by atoms with Gasteiger partial charge in [-0.2, -0.15) is 5.10 Å². The quantitative estimate of drug-likeness (QED) is 0.721. The van der Waals surface area contributed by atoms with Crippen molar-refractivity contribution in [1.82, 2.24) is 9.78 Å². The van der Waals surface area contributed by atoms with Crippen molar-refractivity contribution in [2.75, 3.05) is 11.9 Å². The van der Waals surface area contributed by atoms with Crippen LogP contribution in [0.2, 0.25) is 0 Å². The van der Waals surface area contributed by atoms with Crippen LogP contribution >= 0.6 is 0 Å². The zero-order valence-corrected chi connectivity index (χ0v) is 9.37. The van der Waals surface area contributed by atoms with Gasteiger partial charge in [0.15, 0.2) is 0 Å². The summed E-state index contributed by atoms with van der Waals surface area (Å²) in [6, 6.07) is 0. The van der Waals surface area contributed by atoms with Crippen molar-refractivity contribution in [2.24, 2.45) is 7.05 Å². The van der Waals surface area contributed by atoms with Crippen LogP contribution in [0.5, 0.6) is 0 Å². The summed E-state index contributed by atoms with van der Waals surface area (Å²) < 4.78 is 1.81. The SMILES string of the molecule is Cc1nn(C)c(C)c1NCCCC(=O)O. The first-order valence-electron chi connectivity index (χ1n) is 4.98. The lowest BCUT2D eigenvalue weighted by Gasteiger charge is -2.05. The Balaban J connectivity index is 2.47. The van der Waals surface area contributed by atoms with Gasteiger partial charge in [0.05, 0.1) is 17.1 Å². The van der Waals surface area contributed by atoms with Gasteiger partial charge in [0.1, 0.15) is 0 Å². The van der Waals surface area contributed by atoms with Gasteiger partial charge >= 0.3 is 5.97 Å². The molecule has 0 bridgehead atoms. The predicted molar refractivity (Wildman–Crippen MR) is 58.0 cm³/mol. The molecule has 1 aromatic rings. The molecule has 84 valence electrons. The van der Waals surface area contributed by atoms with Crippen molar-refractivity contribution in [3.05, 3.63) is 11.4 Å².